The summed E-state index contributed by atoms with van der Waals surface area (Å²) in [6.45, 7) is 3.61. The fourth-order valence-corrected chi connectivity index (χ4v) is 3.37. The predicted molar refractivity (Wildman–Crippen MR) is 112 cm³/mol. The number of allylic oxidation sites excluding steroid dienone is 2. The van der Waals surface area contributed by atoms with Crippen LogP contribution in [0.5, 0.6) is 5.75 Å². The summed E-state index contributed by atoms with van der Waals surface area (Å²) in [6.07, 6.45) is 6.07. The Kier molecular flexibility index (Phi) is 5.26. The van der Waals surface area contributed by atoms with Crippen LogP contribution in [0.1, 0.15) is 28.4 Å². The molecule has 0 aromatic heterocycles. The van der Waals surface area contributed by atoms with E-state index in [0.29, 0.717) is 36.6 Å². The second kappa shape index (κ2) is 8.15. The molecule has 0 bridgehead atoms. The third-order valence-corrected chi connectivity index (χ3v) is 5.06. The van der Waals surface area contributed by atoms with Crippen molar-refractivity contribution in [2.75, 3.05) is 13.1 Å². The molecule has 0 aliphatic carbocycles. The van der Waals surface area contributed by atoms with Crippen LogP contribution in [0.2, 0.25) is 0 Å². The lowest BCUT2D eigenvalue weighted by Crippen LogP contribution is -2.40. The van der Waals surface area contributed by atoms with Crippen LogP contribution < -0.4 is 4.74 Å². The van der Waals surface area contributed by atoms with Crippen LogP contribution in [0.15, 0.2) is 77.4 Å². The van der Waals surface area contributed by atoms with Crippen molar-refractivity contribution in [2.45, 2.75) is 13.5 Å². The van der Waals surface area contributed by atoms with Crippen LogP contribution in [0, 0.1) is 17.2 Å². The number of carbonyl (C=O) groups is 1. The topological polar surface area (TPSA) is 65.7 Å². The molecule has 0 N–H and O–H groups in total. The quantitative estimate of drug-likeness (QED) is 0.729. The lowest BCUT2D eigenvalue weighted by atomic mass is 9.95. The minimum Gasteiger partial charge on any atom is -0.489 e. The molecule has 144 valence electrons. The van der Waals surface area contributed by atoms with E-state index in [9.17, 15) is 4.79 Å². The molecule has 0 saturated carbocycles. The number of nitriles is 1. The first-order chi connectivity index (χ1) is 14.1. The van der Waals surface area contributed by atoms with Gasteiger partial charge in [-0.1, -0.05) is 12.1 Å². The van der Waals surface area contributed by atoms with Crippen molar-refractivity contribution in [1.29, 1.82) is 5.26 Å². The van der Waals surface area contributed by atoms with E-state index < -0.39 is 0 Å². The van der Waals surface area contributed by atoms with Crippen molar-refractivity contribution < 1.29 is 9.53 Å². The molecule has 0 radical (unpaired) electrons. The highest BCUT2D eigenvalue weighted by Crippen LogP contribution is 2.22. The second-order valence-electron chi connectivity index (χ2n) is 7.24. The Bertz CT molecular complexity index is 1040. The normalized spacial score (nSPS) is 17.7. The number of rotatable bonds is 5. The van der Waals surface area contributed by atoms with Gasteiger partial charge in [-0.05, 0) is 66.6 Å². The number of nitrogens with zero attached hydrogens (tertiary/aromatic N) is 3. The summed E-state index contributed by atoms with van der Waals surface area (Å²) in [6, 6.07) is 16.7. The average molecular weight is 383 g/mol. The predicted octanol–water partition coefficient (Wildman–Crippen LogP) is 4.12. The first-order valence-electron chi connectivity index (χ1n) is 9.56. The van der Waals surface area contributed by atoms with Gasteiger partial charge in [0.15, 0.2) is 5.78 Å². The number of Topliss-reactive ketones (excluding diaryl/α,β-unsaturated/α-hetero) is 1. The molecule has 29 heavy (non-hydrogen) atoms. The van der Waals surface area contributed by atoms with E-state index >= 15 is 0 Å². The van der Waals surface area contributed by atoms with Gasteiger partial charge in [0.05, 0.1) is 24.1 Å². The summed E-state index contributed by atoms with van der Waals surface area (Å²) in [5.41, 5.74) is 3.45. The fraction of sp³-hybridized carbons (Fsp3) is 0.208. The van der Waals surface area contributed by atoms with Crippen LogP contribution in [-0.2, 0) is 6.61 Å². The van der Waals surface area contributed by atoms with Crippen LogP contribution in [0.4, 0.5) is 0 Å². The van der Waals surface area contributed by atoms with E-state index in [1.165, 1.54) is 5.57 Å². The van der Waals surface area contributed by atoms with Crippen LogP contribution in [-0.4, -0.2) is 29.6 Å². The molecular weight excluding hydrogens is 362 g/mol. The molecule has 0 spiro atoms. The van der Waals surface area contributed by atoms with Gasteiger partial charge in [0, 0.05) is 18.3 Å². The molecule has 1 atom stereocenters. The van der Waals surface area contributed by atoms with Crippen molar-refractivity contribution in [3.63, 3.8) is 0 Å². The maximum Gasteiger partial charge on any atom is 0.169 e. The van der Waals surface area contributed by atoms with Gasteiger partial charge in [0.1, 0.15) is 18.2 Å². The van der Waals surface area contributed by atoms with Crippen molar-refractivity contribution in [1.82, 2.24) is 4.90 Å². The smallest absolute Gasteiger partial charge is 0.169 e. The molecule has 2 aromatic rings. The average Bonchev–Trinajstić information content (AvgIpc) is 2.77. The van der Waals surface area contributed by atoms with Gasteiger partial charge in [-0.3, -0.25) is 9.79 Å². The Labute approximate surface area is 170 Å². The van der Waals surface area contributed by atoms with Crippen molar-refractivity contribution in [2.24, 2.45) is 10.9 Å². The summed E-state index contributed by atoms with van der Waals surface area (Å²) in [7, 11) is 0. The molecule has 4 rings (SSSR count). The zero-order valence-corrected chi connectivity index (χ0v) is 16.2. The summed E-state index contributed by atoms with van der Waals surface area (Å²) in [4.78, 5) is 19.5. The Balaban J connectivity index is 1.37. The summed E-state index contributed by atoms with van der Waals surface area (Å²) in [5.74, 6) is 1.58. The fourth-order valence-electron chi connectivity index (χ4n) is 3.37. The minimum atomic E-state index is -0.152. The standard InChI is InChI=1S/C24H21N3O2/c1-17-10-11-27-15-21(14-26-23(27)12-17)24(28)20-6-8-22(9-7-20)29-16-19-4-2-18(13-25)3-5-19/h2-12,21H,14-16H2,1H3. The largest absolute Gasteiger partial charge is 0.489 e. The number of ether oxygens (including phenoxy) is 1. The highest BCUT2D eigenvalue weighted by molar-refractivity contribution is 6.01. The van der Waals surface area contributed by atoms with Gasteiger partial charge in [-0.15, -0.1) is 0 Å². The van der Waals surface area contributed by atoms with E-state index in [4.69, 9.17) is 10.00 Å². The van der Waals surface area contributed by atoms with Crippen molar-refractivity contribution in [3.05, 3.63) is 89.1 Å². The first kappa shape index (κ1) is 18.7. The van der Waals surface area contributed by atoms with Gasteiger partial charge in [-0.25, -0.2) is 0 Å². The maximum absolute atomic E-state index is 12.9. The van der Waals surface area contributed by atoms with Gasteiger partial charge < -0.3 is 9.64 Å². The summed E-state index contributed by atoms with van der Waals surface area (Å²) in [5, 5.41) is 8.84. The van der Waals surface area contributed by atoms with E-state index in [0.717, 1.165) is 11.4 Å². The molecule has 5 heteroatoms. The van der Waals surface area contributed by atoms with Crippen molar-refractivity contribution in [3.8, 4) is 11.8 Å². The molecule has 2 aliphatic heterocycles. The highest BCUT2D eigenvalue weighted by atomic mass is 16.5. The molecule has 0 saturated heterocycles. The Morgan fingerprint density at radius 2 is 1.97 bits per heavy atom. The highest BCUT2D eigenvalue weighted by Gasteiger charge is 2.27. The molecule has 1 unspecified atom stereocenters. The Morgan fingerprint density at radius 1 is 1.21 bits per heavy atom. The number of ketones is 1. The van der Waals surface area contributed by atoms with E-state index in [2.05, 4.69) is 11.1 Å². The van der Waals surface area contributed by atoms with Gasteiger partial charge in [0.2, 0.25) is 0 Å². The molecule has 2 aromatic carbocycles. The molecular formula is C24H21N3O2. The van der Waals surface area contributed by atoms with Gasteiger partial charge >= 0.3 is 0 Å². The zero-order chi connectivity index (χ0) is 20.2. The number of benzene rings is 2. The molecule has 0 fully saturated rings. The van der Waals surface area contributed by atoms with E-state index in [-0.39, 0.29) is 11.7 Å². The van der Waals surface area contributed by atoms with E-state index in [1.54, 1.807) is 12.1 Å². The molecule has 2 heterocycles. The Hall–Kier alpha value is -3.65. The number of hydrogen-bond acceptors (Lipinski definition) is 5. The first-order valence-corrected chi connectivity index (χ1v) is 9.56. The van der Waals surface area contributed by atoms with E-state index in [1.807, 2.05) is 66.6 Å². The number of aliphatic imine (C=N–C) groups is 1. The third kappa shape index (κ3) is 4.27. The molecule has 5 nitrogen and oxygen atoms in total. The maximum atomic E-state index is 12.9. The molecule has 0 amide bonds. The zero-order valence-electron chi connectivity index (χ0n) is 16.2. The van der Waals surface area contributed by atoms with Gasteiger partial charge in [0.25, 0.3) is 0 Å². The number of carbonyl (C=O) groups excluding carboxylic acids is 1. The Morgan fingerprint density at radius 3 is 2.69 bits per heavy atom. The van der Waals surface area contributed by atoms with Crippen LogP contribution in [0.25, 0.3) is 0 Å². The second-order valence-corrected chi connectivity index (χ2v) is 7.24. The van der Waals surface area contributed by atoms with Crippen LogP contribution in [0.3, 0.4) is 0 Å². The number of amidine groups is 1. The van der Waals surface area contributed by atoms with Crippen molar-refractivity contribution >= 4 is 11.6 Å². The lowest BCUT2D eigenvalue weighted by Gasteiger charge is -2.31. The number of fused-ring (bicyclic) bond motifs is 1. The summed E-state index contributed by atoms with van der Waals surface area (Å²) < 4.78 is 5.79. The summed E-state index contributed by atoms with van der Waals surface area (Å²) >= 11 is 0. The van der Waals surface area contributed by atoms with Gasteiger partial charge in [-0.2, -0.15) is 5.26 Å². The van der Waals surface area contributed by atoms with Crippen LogP contribution >= 0.6 is 0 Å². The molecule has 2 aliphatic rings. The monoisotopic (exact) mass is 383 g/mol. The minimum absolute atomic E-state index is 0.103. The SMILES string of the molecule is CC1=CC2=NCC(C(=O)c3ccc(OCc4ccc(C#N)cc4)cc3)CN2C=C1. The lowest BCUT2D eigenvalue weighted by molar-refractivity contribution is 0.0909. The number of hydrogen-bond donors (Lipinski definition) is 0. The third-order valence-electron chi connectivity index (χ3n) is 5.06.